The van der Waals surface area contributed by atoms with Gasteiger partial charge in [0.1, 0.15) is 5.76 Å². The number of nitrogens with two attached hydrogens (primary N) is 1. The number of rotatable bonds is 4. The number of carbonyl (C=O) groups excluding carboxylic acids is 1. The first-order chi connectivity index (χ1) is 8.74. The fraction of sp³-hybridized carbons (Fsp3) is 0.615. The van der Waals surface area contributed by atoms with E-state index in [1.165, 1.54) is 0 Å². The standard InChI is InChI=1S/C13H20N2O3/c1-2-17-11-4-3-7-15(9-11)13(16)12-6-5-10(8-14)18-12/h5-6,11H,2-4,7-9,14H2,1H3. The molecule has 1 fully saturated rings. The molecular weight excluding hydrogens is 232 g/mol. The topological polar surface area (TPSA) is 68.7 Å². The van der Waals surface area contributed by atoms with Crippen LogP contribution in [0.15, 0.2) is 16.5 Å². The first kappa shape index (κ1) is 13.1. The molecule has 0 aliphatic carbocycles. The highest BCUT2D eigenvalue weighted by molar-refractivity contribution is 5.91. The molecule has 1 unspecified atom stereocenters. The molecule has 1 aromatic rings. The molecule has 2 rings (SSSR count). The average Bonchev–Trinajstić information content (AvgIpc) is 2.87. The minimum absolute atomic E-state index is 0.0703. The average molecular weight is 252 g/mol. The predicted molar refractivity (Wildman–Crippen MR) is 67.2 cm³/mol. The van der Waals surface area contributed by atoms with E-state index in [1.54, 1.807) is 17.0 Å². The number of likely N-dealkylation sites (tertiary alicyclic amines) is 1. The van der Waals surface area contributed by atoms with Gasteiger partial charge in [-0.15, -0.1) is 0 Å². The van der Waals surface area contributed by atoms with Crippen molar-refractivity contribution in [3.05, 3.63) is 23.7 Å². The van der Waals surface area contributed by atoms with Gasteiger partial charge in [-0.2, -0.15) is 0 Å². The molecule has 1 aliphatic rings. The van der Waals surface area contributed by atoms with Gasteiger partial charge in [0.15, 0.2) is 5.76 Å². The molecule has 100 valence electrons. The van der Waals surface area contributed by atoms with E-state index in [2.05, 4.69) is 0 Å². The highest BCUT2D eigenvalue weighted by Gasteiger charge is 2.26. The van der Waals surface area contributed by atoms with Crippen LogP contribution in [0.25, 0.3) is 0 Å². The summed E-state index contributed by atoms with van der Waals surface area (Å²) in [7, 11) is 0. The molecule has 0 aromatic carbocycles. The van der Waals surface area contributed by atoms with Gasteiger partial charge in [0.2, 0.25) is 0 Å². The normalized spacial score (nSPS) is 20.1. The Balaban J connectivity index is 1.99. The van der Waals surface area contributed by atoms with Gasteiger partial charge in [-0.3, -0.25) is 4.79 Å². The molecule has 18 heavy (non-hydrogen) atoms. The van der Waals surface area contributed by atoms with E-state index in [0.717, 1.165) is 19.4 Å². The summed E-state index contributed by atoms with van der Waals surface area (Å²) in [6.07, 6.45) is 2.14. The third-order valence-electron chi connectivity index (χ3n) is 3.14. The molecule has 0 saturated carbocycles. The Kier molecular flexibility index (Phi) is 4.38. The van der Waals surface area contributed by atoms with Crippen molar-refractivity contribution >= 4 is 5.91 Å². The van der Waals surface area contributed by atoms with Gasteiger partial charge in [-0.05, 0) is 31.9 Å². The number of piperidine rings is 1. The summed E-state index contributed by atoms with van der Waals surface area (Å²) in [6.45, 7) is 4.38. The monoisotopic (exact) mass is 252 g/mol. The van der Waals surface area contributed by atoms with Crippen LogP contribution in [-0.4, -0.2) is 36.6 Å². The van der Waals surface area contributed by atoms with Crippen LogP contribution in [0.5, 0.6) is 0 Å². The Hall–Kier alpha value is -1.33. The first-order valence-corrected chi connectivity index (χ1v) is 6.44. The lowest BCUT2D eigenvalue weighted by atomic mass is 10.1. The molecule has 1 atom stereocenters. The second kappa shape index (κ2) is 6.02. The molecule has 1 aliphatic heterocycles. The zero-order chi connectivity index (χ0) is 13.0. The minimum Gasteiger partial charge on any atom is -0.455 e. The summed E-state index contributed by atoms with van der Waals surface area (Å²) in [5.74, 6) is 0.934. The van der Waals surface area contributed by atoms with E-state index in [0.29, 0.717) is 31.2 Å². The summed E-state index contributed by atoms with van der Waals surface area (Å²) in [5, 5.41) is 0. The van der Waals surface area contributed by atoms with E-state index in [-0.39, 0.29) is 12.0 Å². The highest BCUT2D eigenvalue weighted by atomic mass is 16.5. The highest BCUT2D eigenvalue weighted by Crippen LogP contribution is 2.17. The summed E-state index contributed by atoms with van der Waals surface area (Å²) < 4.78 is 11.0. The van der Waals surface area contributed by atoms with Crippen molar-refractivity contribution in [2.24, 2.45) is 5.73 Å². The van der Waals surface area contributed by atoms with Crippen molar-refractivity contribution in [1.29, 1.82) is 0 Å². The van der Waals surface area contributed by atoms with Crippen LogP contribution < -0.4 is 5.73 Å². The van der Waals surface area contributed by atoms with Crippen molar-refractivity contribution in [2.75, 3.05) is 19.7 Å². The SMILES string of the molecule is CCOC1CCCN(C(=O)c2ccc(CN)o2)C1. The van der Waals surface area contributed by atoms with Crippen LogP contribution in [-0.2, 0) is 11.3 Å². The largest absolute Gasteiger partial charge is 0.455 e. The van der Waals surface area contributed by atoms with E-state index in [1.807, 2.05) is 6.92 Å². The molecule has 0 radical (unpaired) electrons. The number of furan rings is 1. The van der Waals surface area contributed by atoms with Crippen LogP contribution >= 0.6 is 0 Å². The molecule has 2 N–H and O–H groups in total. The van der Waals surface area contributed by atoms with Crippen molar-refractivity contribution in [1.82, 2.24) is 4.90 Å². The lowest BCUT2D eigenvalue weighted by Gasteiger charge is -2.31. The smallest absolute Gasteiger partial charge is 0.289 e. The van der Waals surface area contributed by atoms with E-state index < -0.39 is 0 Å². The third-order valence-corrected chi connectivity index (χ3v) is 3.14. The summed E-state index contributed by atoms with van der Waals surface area (Å²) in [4.78, 5) is 14.0. The Morgan fingerprint density at radius 3 is 3.11 bits per heavy atom. The van der Waals surface area contributed by atoms with Gasteiger partial charge in [-0.1, -0.05) is 0 Å². The summed E-state index contributed by atoms with van der Waals surface area (Å²) in [6, 6.07) is 3.44. The third kappa shape index (κ3) is 2.91. The predicted octanol–water partition coefficient (Wildman–Crippen LogP) is 1.38. The van der Waals surface area contributed by atoms with Gasteiger partial charge in [-0.25, -0.2) is 0 Å². The van der Waals surface area contributed by atoms with E-state index in [4.69, 9.17) is 14.9 Å². The zero-order valence-electron chi connectivity index (χ0n) is 10.7. The number of amides is 1. The number of hydrogen-bond acceptors (Lipinski definition) is 4. The van der Waals surface area contributed by atoms with Crippen molar-refractivity contribution < 1.29 is 13.9 Å². The van der Waals surface area contributed by atoms with Crippen LogP contribution in [0.2, 0.25) is 0 Å². The Bertz CT molecular complexity index is 401. The van der Waals surface area contributed by atoms with Gasteiger partial charge >= 0.3 is 0 Å². The van der Waals surface area contributed by atoms with Crippen molar-refractivity contribution in [3.63, 3.8) is 0 Å². The summed E-state index contributed by atoms with van der Waals surface area (Å²) >= 11 is 0. The Labute approximate surface area is 107 Å². The second-order valence-corrected chi connectivity index (χ2v) is 4.44. The van der Waals surface area contributed by atoms with Crippen LogP contribution in [0.1, 0.15) is 36.1 Å². The summed E-state index contributed by atoms with van der Waals surface area (Å²) in [5.41, 5.74) is 5.46. The Morgan fingerprint density at radius 2 is 2.44 bits per heavy atom. The second-order valence-electron chi connectivity index (χ2n) is 4.44. The number of hydrogen-bond donors (Lipinski definition) is 1. The molecule has 5 nitrogen and oxygen atoms in total. The maximum atomic E-state index is 12.2. The van der Waals surface area contributed by atoms with Gasteiger partial charge in [0, 0.05) is 19.7 Å². The minimum atomic E-state index is -0.0703. The lowest BCUT2D eigenvalue weighted by Crippen LogP contribution is -2.43. The Morgan fingerprint density at radius 1 is 1.61 bits per heavy atom. The molecule has 1 amide bonds. The maximum Gasteiger partial charge on any atom is 0.289 e. The number of carbonyl (C=O) groups is 1. The molecular formula is C13H20N2O3. The molecule has 1 aromatic heterocycles. The van der Waals surface area contributed by atoms with E-state index in [9.17, 15) is 4.79 Å². The molecule has 1 saturated heterocycles. The number of nitrogens with zero attached hydrogens (tertiary/aromatic N) is 1. The van der Waals surface area contributed by atoms with Crippen molar-refractivity contribution in [3.8, 4) is 0 Å². The van der Waals surface area contributed by atoms with Crippen LogP contribution in [0, 0.1) is 0 Å². The van der Waals surface area contributed by atoms with Gasteiger partial charge in [0.05, 0.1) is 12.6 Å². The van der Waals surface area contributed by atoms with Crippen LogP contribution in [0.3, 0.4) is 0 Å². The first-order valence-electron chi connectivity index (χ1n) is 6.44. The van der Waals surface area contributed by atoms with E-state index >= 15 is 0 Å². The van der Waals surface area contributed by atoms with Gasteiger partial charge in [0.25, 0.3) is 5.91 Å². The fourth-order valence-electron chi connectivity index (χ4n) is 2.25. The lowest BCUT2D eigenvalue weighted by molar-refractivity contribution is 0.00612. The molecule has 0 spiro atoms. The zero-order valence-corrected chi connectivity index (χ0v) is 10.7. The molecule has 2 heterocycles. The maximum absolute atomic E-state index is 12.2. The van der Waals surface area contributed by atoms with Crippen LogP contribution in [0.4, 0.5) is 0 Å². The van der Waals surface area contributed by atoms with Gasteiger partial charge < -0.3 is 19.8 Å². The van der Waals surface area contributed by atoms with Crippen molar-refractivity contribution in [2.45, 2.75) is 32.4 Å². The number of ether oxygens (including phenoxy) is 1. The molecule has 0 bridgehead atoms. The quantitative estimate of drug-likeness (QED) is 0.879. The fourth-order valence-corrected chi connectivity index (χ4v) is 2.25. The molecule has 5 heteroatoms.